The van der Waals surface area contributed by atoms with E-state index in [-0.39, 0.29) is 11.5 Å². The predicted octanol–water partition coefficient (Wildman–Crippen LogP) is 1.82. The van der Waals surface area contributed by atoms with Gasteiger partial charge in [-0.1, -0.05) is 0 Å². The molecular weight excluding hydrogens is 370 g/mol. The van der Waals surface area contributed by atoms with Gasteiger partial charge in [0.1, 0.15) is 5.60 Å². The van der Waals surface area contributed by atoms with Gasteiger partial charge in [-0.25, -0.2) is 4.98 Å². The van der Waals surface area contributed by atoms with Crippen molar-refractivity contribution in [1.29, 1.82) is 0 Å². The topological polar surface area (TPSA) is 72.9 Å². The number of methoxy groups -OCH3 is 1. The molecule has 29 heavy (non-hydrogen) atoms. The summed E-state index contributed by atoms with van der Waals surface area (Å²) in [6.45, 7) is 5.33. The van der Waals surface area contributed by atoms with Crippen molar-refractivity contribution < 1.29 is 19.0 Å². The molecule has 1 aliphatic carbocycles. The predicted molar refractivity (Wildman–Crippen MR) is 107 cm³/mol. The van der Waals surface area contributed by atoms with Gasteiger partial charge in [0.25, 0.3) is 5.91 Å². The fourth-order valence-electron chi connectivity index (χ4n) is 4.93. The lowest BCUT2D eigenvalue weighted by Crippen LogP contribution is -2.42. The number of nitrogens with zero attached hydrogens (tertiary/aromatic N) is 2. The summed E-state index contributed by atoms with van der Waals surface area (Å²) in [5, 5.41) is 3.40. The Hall–Kier alpha value is -1.70. The van der Waals surface area contributed by atoms with Crippen LogP contribution in [0.3, 0.4) is 0 Å². The van der Waals surface area contributed by atoms with E-state index in [1.54, 1.807) is 7.11 Å². The van der Waals surface area contributed by atoms with E-state index in [2.05, 4.69) is 5.32 Å². The van der Waals surface area contributed by atoms with Crippen LogP contribution in [0.15, 0.2) is 12.1 Å². The number of aromatic nitrogens is 1. The molecule has 1 saturated carbocycles. The van der Waals surface area contributed by atoms with Crippen molar-refractivity contribution in [1.82, 2.24) is 15.2 Å². The Balaban J connectivity index is 1.32. The third kappa shape index (κ3) is 3.88. The fraction of sp³-hybridized carbons (Fsp3) is 0.727. The van der Waals surface area contributed by atoms with Gasteiger partial charge in [-0.2, -0.15) is 0 Å². The van der Waals surface area contributed by atoms with Crippen LogP contribution in [0, 0.1) is 11.8 Å². The van der Waals surface area contributed by atoms with Crippen molar-refractivity contribution in [3.63, 3.8) is 0 Å². The Morgan fingerprint density at radius 3 is 2.86 bits per heavy atom. The Bertz CT molecular complexity index is 762. The first-order valence-corrected chi connectivity index (χ1v) is 10.9. The summed E-state index contributed by atoms with van der Waals surface area (Å²) in [5.74, 6) is 1.98. The van der Waals surface area contributed by atoms with Crippen molar-refractivity contribution in [2.24, 2.45) is 11.8 Å². The zero-order chi connectivity index (χ0) is 19.8. The highest BCUT2D eigenvalue weighted by atomic mass is 16.5. The van der Waals surface area contributed by atoms with E-state index in [0.29, 0.717) is 42.3 Å². The number of rotatable bonds is 6. The number of hydrogen-bond donors (Lipinski definition) is 1. The molecular formula is C22H31N3O4. The molecule has 4 aliphatic rings. The molecule has 1 amide bonds. The molecule has 1 aromatic rings. The Morgan fingerprint density at radius 2 is 2.14 bits per heavy atom. The molecule has 4 fully saturated rings. The van der Waals surface area contributed by atoms with Gasteiger partial charge in [0, 0.05) is 69.1 Å². The maximum absolute atomic E-state index is 13.3. The van der Waals surface area contributed by atoms with E-state index in [1.807, 2.05) is 17.0 Å². The number of carbonyl (C=O) groups is 1. The van der Waals surface area contributed by atoms with E-state index >= 15 is 0 Å². The van der Waals surface area contributed by atoms with Gasteiger partial charge in [-0.3, -0.25) is 4.79 Å². The highest BCUT2D eigenvalue weighted by Gasteiger charge is 2.51. The van der Waals surface area contributed by atoms with Crippen LogP contribution in [0.4, 0.5) is 0 Å². The molecule has 1 aromatic heterocycles. The SMILES string of the molecule is CO[C@@]12CNC[C@H]1CN(C(=O)c1cc(OCC3CCOCC3)nc(C3CC3)c1)C2. The first-order chi connectivity index (χ1) is 14.2. The van der Waals surface area contributed by atoms with Gasteiger partial charge in [0.2, 0.25) is 5.88 Å². The maximum Gasteiger partial charge on any atom is 0.254 e. The largest absolute Gasteiger partial charge is 0.477 e. The van der Waals surface area contributed by atoms with E-state index in [0.717, 1.165) is 64.2 Å². The molecule has 3 saturated heterocycles. The molecule has 0 radical (unpaired) electrons. The summed E-state index contributed by atoms with van der Waals surface area (Å²) in [4.78, 5) is 20.0. The number of hydrogen-bond acceptors (Lipinski definition) is 6. The fourth-order valence-corrected chi connectivity index (χ4v) is 4.93. The van der Waals surface area contributed by atoms with E-state index in [4.69, 9.17) is 19.2 Å². The Kier molecular flexibility index (Phi) is 5.22. The lowest BCUT2D eigenvalue weighted by Gasteiger charge is -2.26. The minimum absolute atomic E-state index is 0.0658. The first-order valence-electron chi connectivity index (χ1n) is 10.9. The zero-order valence-electron chi connectivity index (χ0n) is 17.2. The zero-order valence-corrected chi connectivity index (χ0v) is 17.2. The maximum atomic E-state index is 13.3. The number of carbonyl (C=O) groups excluding carboxylic acids is 1. The number of ether oxygens (including phenoxy) is 3. The van der Waals surface area contributed by atoms with Gasteiger partial charge in [0.05, 0.1) is 13.2 Å². The molecule has 3 aliphatic heterocycles. The summed E-state index contributed by atoms with van der Waals surface area (Å²) >= 11 is 0. The molecule has 0 unspecified atom stereocenters. The Labute approximate surface area is 172 Å². The standard InChI is InChI=1S/C22H31N3O4/c1-27-22-13-23-10-18(22)11-25(14-22)21(26)17-8-19(16-2-3-16)24-20(9-17)29-12-15-4-6-28-7-5-15/h8-9,15-16,18,23H,2-7,10-14H2,1H3/t18-,22+/m0/s1. The van der Waals surface area contributed by atoms with Gasteiger partial charge >= 0.3 is 0 Å². The van der Waals surface area contributed by atoms with Crippen molar-refractivity contribution in [2.45, 2.75) is 37.2 Å². The summed E-state index contributed by atoms with van der Waals surface area (Å²) in [7, 11) is 1.76. The van der Waals surface area contributed by atoms with Crippen LogP contribution in [0.2, 0.25) is 0 Å². The van der Waals surface area contributed by atoms with Crippen LogP contribution >= 0.6 is 0 Å². The number of likely N-dealkylation sites (tertiary alicyclic amines) is 1. The molecule has 0 spiro atoms. The molecule has 7 nitrogen and oxygen atoms in total. The highest BCUT2D eigenvalue weighted by molar-refractivity contribution is 5.95. The number of fused-ring (bicyclic) bond motifs is 1. The van der Waals surface area contributed by atoms with E-state index < -0.39 is 0 Å². The van der Waals surface area contributed by atoms with Gasteiger partial charge in [-0.05, 0) is 37.7 Å². The molecule has 158 valence electrons. The first kappa shape index (κ1) is 19.3. The number of pyridine rings is 1. The average molecular weight is 402 g/mol. The van der Waals surface area contributed by atoms with Crippen LogP contribution in [0.5, 0.6) is 5.88 Å². The van der Waals surface area contributed by atoms with Crippen LogP contribution in [-0.4, -0.2) is 74.5 Å². The second-order valence-corrected chi connectivity index (χ2v) is 9.04. The highest BCUT2D eigenvalue weighted by Crippen LogP contribution is 2.40. The van der Waals surface area contributed by atoms with Crippen LogP contribution in [0.1, 0.15) is 47.7 Å². The molecule has 7 heteroatoms. The number of amides is 1. The quantitative estimate of drug-likeness (QED) is 0.784. The van der Waals surface area contributed by atoms with Crippen molar-refractivity contribution in [3.8, 4) is 5.88 Å². The molecule has 4 heterocycles. The van der Waals surface area contributed by atoms with Gasteiger partial charge in [-0.15, -0.1) is 0 Å². The minimum atomic E-state index is -0.246. The summed E-state index contributed by atoms with van der Waals surface area (Å²) in [6.07, 6.45) is 4.34. The monoisotopic (exact) mass is 401 g/mol. The molecule has 0 bridgehead atoms. The van der Waals surface area contributed by atoms with Gasteiger partial charge in [0.15, 0.2) is 0 Å². The molecule has 1 N–H and O–H groups in total. The van der Waals surface area contributed by atoms with E-state index in [1.165, 1.54) is 0 Å². The molecule has 2 atom stereocenters. The van der Waals surface area contributed by atoms with Gasteiger partial charge < -0.3 is 24.4 Å². The third-order valence-electron chi connectivity index (χ3n) is 7.02. The van der Waals surface area contributed by atoms with Crippen LogP contribution in [-0.2, 0) is 9.47 Å². The minimum Gasteiger partial charge on any atom is -0.477 e. The summed E-state index contributed by atoms with van der Waals surface area (Å²) < 4.78 is 17.3. The van der Waals surface area contributed by atoms with Crippen molar-refractivity contribution >= 4 is 5.91 Å². The second kappa shape index (κ2) is 7.85. The summed E-state index contributed by atoms with van der Waals surface area (Å²) in [6, 6.07) is 3.81. The lowest BCUT2D eigenvalue weighted by molar-refractivity contribution is -0.00516. The second-order valence-electron chi connectivity index (χ2n) is 9.04. The van der Waals surface area contributed by atoms with Crippen molar-refractivity contribution in [2.75, 3.05) is 53.1 Å². The van der Waals surface area contributed by atoms with Crippen LogP contribution in [0.25, 0.3) is 0 Å². The smallest absolute Gasteiger partial charge is 0.254 e. The van der Waals surface area contributed by atoms with E-state index in [9.17, 15) is 4.79 Å². The lowest BCUT2D eigenvalue weighted by atomic mass is 9.95. The van der Waals surface area contributed by atoms with Crippen molar-refractivity contribution in [3.05, 3.63) is 23.4 Å². The molecule has 0 aromatic carbocycles. The molecule has 5 rings (SSSR count). The normalized spacial score (nSPS) is 29.8. The average Bonchev–Trinajstić information content (AvgIpc) is 3.44. The van der Waals surface area contributed by atoms with Crippen LogP contribution < -0.4 is 10.1 Å². The third-order valence-corrected chi connectivity index (χ3v) is 7.02. The summed E-state index contributed by atoms with van der Waals surface area (Å²) in [5.41, 5.74) is 1.45. The number of nitrogens with one attached hydrogen (secondary N) is 1. The Morgan fingerprint density at radius 1 is 1.31 bits per heavy atom.